The van der Waals surface area contributed by atoms with Crippen molar-refractivity contribution in [1.82, 2.24) is 5.32 Å². The third-order valence-corrected chi connectivity index (χ3v) is 6.49. The van der Waals surface area contributed by atoms with Crippen molar-refractivity contribution in [1.29, 1.82) is 0 Å². The molecule has 1 fully saturated rings. The van der Waals surface area contributed by atoms with E-state index in [-0.39, 0.29) is 18.2 Å². The van der Waals surface area contributed by atoms with E-state index in [1.165, 1.54) is 11.8 Å². The van der Waals surface area contributed by atoms with Gasteiger partial charge in [-0.3, -0.25) is 9.59 Å². The summed E-state index contributed by atoms with van der Waals surface area (Å²) >= 11 is 7.07. The zero-order chi connectivity index (χ0) is 22.1. The summed E-state index contributed by atoms with van der Waals surface area (Å²) in [4.78, 5) is 24.7. The van der Waals surface area contributed by atoms with Gasteiger partial charge in [0, 0.05) is 28.3 Å². The molecule has 2 amide bonds. The summed E-state index contributed by atoms with van der Waals surface area (Å²) in [6, 6.07) is 22.9. The molecule has 1 aliphatic heterocycles. The zero-order valence-electron chi connectivity index (χ0n) is 16.7. The van der Waals surface area contributed by atoms with Crippen molar-refractivity contribution in [2.75, 3.05) is 5.32 Å². The Hall–Kier alpha value is -3.42. The zero-order valence-corrected chi connectivity index (χ0v) is 18.3. The quantitative estimate of drug-likeness (QED) is 0.433. The highest BCUT2D eigenvalue weighted by Crippen LogP contribution is 2.36. The first kappa shape index (κ1) is 20.5. The van der Waals surface area contributed by atoms with E-state index in [1.54, 1.807) is 24.3 Å². The molecule has 1 atom stereocenters. The van der Waals surface area contributed by atoms with Crippen molar-refractivity contribution in [3.63, 3.8) is 0 Å². The monoisotopic (exact) mass is 460 g/mol. The molecule has 8 heteroatoms. The number of hydrogen-bond donors (Lipinski definition) is 2. The topological polar surface area (TPSA) is 82.9 Å². The maximum atomic E-state index is 12.4. The lowest BCUT2D eigenvalue weighted by Gasteiger charge is -2.07. The molecule has 0 aromatic heterocycles. The molecule has 1 saturated heterocycles. The molecule has 2 N–H and O–H groups in total. The van der Waals surface area contributed by atoms with Gasteiger partial charge >= 0.3 is 0 Å². The highest BCUT2D eigenvalue weighted by molar-refractivity contribution is 8.15. The Bertz CT molecular complexity index is 1240. The Balaban J connectivity index is 1.31. The number of nitrogens with zero attached hydrogens (tertiary/aromatic N) is 2. The van der Waals surface area contributed by atoms with Crippen molar-refractivity contribution in [3.05, 3.63) is 88.9 Å². The van der Waals surface area contributed by atoms with Gasteiger partial charge in [0.15, 0.2) is 5.17 Å². The van der Waals surface area contributed by atoms with Crippen LogP contribution < -0.4 is 10.6 Å². The Kier molecular flexibility index (Phi) is 5.51. The first-order chi connectivity index (χ1) is 15.6. The summed E-state index contributed by atoms with van der Waals surface area (Å²) in [5.74, 6) is -0.515. The van der Waals surface area contributed by atoms with Crippen LogP contribution in [0.1, 0.15) is 17.5 Å². The van der Waals surface area contributed by atoms with E-state index in [1.807, 2.05) is 36.4 Å². The molecule has 1 aliphatic carbocycles. The van der Waals surface area contributed by atoms with Gasteiger partial charge in [-0.05, 0) is 35.4 Å². The third-order valence-electron chi connectivity index (χ3n) is 5.17. The van der Waals surface area contributed by atoms with Crippen LogP contribution in [0.25, 0.3) is 11.1 Å². The molecule has 0 radical (unpaired) electrons. The largest absolute Gasteiger partial charge is 0.326 e. The van der Waals surface area contributed by atoms with Crippen molar-refractivity contribution < 1.29 is 9.59 Å². The second kappa shape index (κ2) is 8.61. The highest BCUT2D eigenvalue weighted by atomic mass is 35.5. The van der Waals surface area contributed by atoms with Gasteiger partial charge in [-0.15, -0.1) is 10.2 Å². The van der Waals surface area contributed by atoms with Gasteiger partial charge in [-0.25, -0.2) is 0 Å². The van der Waals surface area contributed by atoms with Crippen LogP contribution in [0.15, 0.2) is 83.0 Å². The van der Waals surface area contributed by atoms with Crippen LogP contribution in [0.3, 0.4) is 0 Å². The van der Waals surface area contributed by atoms with Gasteiger partial charge < -0.3 is 10.6 Å². The van der Waals surface area contributed by atoms with Crippen LogP contribution in [0.5, 0.6) is 0 Å². The van der Waals surface area contributed by atoms with Crippen molar-refractivity contribution in [2.45, 2.75) is 11.7 Å². The molecule has 1 heterocycles. The number of rotatable bonds is 4. The van der Waals surface area contributed by atoms with E-state index in [4.69, 9.17) is 11.6 Å². The molecule has 2 aliphatic rings. The first-order valence-corrected chi connectivity index (χ1v) is 11.2. The van der Waals surface area contributed by atoms with Crippen molar-refractivity contribution in [3.8, 4) is 11.1 Å². The molecule has 3 aromatic carbocycles. The SMILES string of the molecule is O=C(CC1SC(=NN=C2c3ccccc3-c3ccccc32)NC1=O)Nc1ccc(Cl)cc1. The van der Waals surface area contributed by atoms with Gasteiger partial charge in [-0.2, -0.15) is 0 Å². The summed E-state index contributed by atoms with van der Waals surface area (Å²) in [5.41, 5.74) is 5.63. The summed E-state index contributed by atoms with van der Waals surface area (Å²) in [6.45, 7) is 0. The number of carbonyl (C=O) groups is 2. The van der Waals surface area contributed by atoms with E-state index >= 15 is 0 Å². The lowest BCUT2D eigenvalue weighted by atomic mass is 10.1. The maximum absolute atomic E-state index is 12.4. The fourth-order valence-corrected chi connectivity index (χ4v) is 4.74. The Labute approximate surface area is 193 Å². The van der Waals surface area contributed by atoms with Crippen LogP contribution in [-0.2, 0) is 9.59 Å². The van der Waals surface area contributed by atoms with Crippen LogP contribution in [0, 0.1) is 0 Å². The molecule has 158 valence electrons. The Morgan fingerprint density at radius 3 is 2.12 bits per heavy atom. The number of nitrogens with one attached hydrogen (secondary N) is 2. The number of fused-ring (bicyclic) bond motifs is 3. The molecule has 0 spiro atoms. The van der Waals surface area contributed by atoms with Gasteiger partial charge in [0.25, 0.3) is 0 Å². The third kappa shape index (κ3) is 4.04. The Morgan fingerprint density at radius 1 is 0.906 bits per heavy atom. The summed E-state index contributed by atoms with van der Waals surface area (Å²) in [7, 11) is 0. The summed E-state index contributed by atoms with van der Waals surface area (Å²) < 4.78 is 0. The summed E-state index contributed by atoms with van der Waals surface area (Å²) in [5, 5.41) is 14.7. The molecule has 3 aromatic rings. The van der Waals surface area contributed by atoms with E-state index in [0.717, 1.165) is 28.0 Å². The average molecular weight is 461 g/mol. The number of anilines is 1. The van der Waals surface area contributed by atoms with Gasteiger partial charge in [0.2, 0.25) is 11.8 Å². The normalized spacial score (nSPS) is 17.7. The van der Waals surface area contributed by atoms with E-state index < -0.39 is 5.25 Å². The van der Waals surface area contributed by atoms with Crippen LogP contribution in [0.2, 0.25) is 5.02 Å². The number of halogens is 1. The second-order valence-electron chi connectivity index (χ2n) is 7.30. The lowest BCUT2D eigenvalue weighted by Crippen LogP contribution is -2.28. The number of thioether (sulfide) groups is 1. The molecule has 32 heavy (non-hydrogen) atoms. The first-order valence-electron chi connectivity index (χ1n) is 9.96. The van der Waals surface area contributed by atoms with Crippen molar-refractivity contribution in [2.24, 2.45) is 10.2 Å². The molecule has 6 nitrogen and oxygen atoms in total. The average Bonchev–Trinajstić information content (AvgIpc) is 3.31. The number of benzene rings is 3. The minimum atomic E-state index is -0.565. The molecular formula is C24H17ClN4O2S. The smallest absolute Gasteiger partial charge is 0.240 e. The lowest BCUT2D eigenvalue weighted by molar-refractivity contribution is -0.122. The second-order valence-corrected chi connectivity index (χ2v) is 8.93. The minimum Gasteiger partial charge on any atom is -0.326 e. The van der Waals surface area contributed by atoms with Gasteiger partial charge in [0.1, 0.15) is 11.0 Å². The number of hydrogen-bond acceptors (Lipinski definition) is 5. The number of amides is 2. The van der Waals surface area contributed by atoms with E-state index in [0.29, 0.717) is 15.9 Å². The molecule has 0 bridgehead atoms. The van der Waals surface area contributed by atoms with Crippen LogP contribution in [-0.4, -0.2) is 27.9 Å². The molecule has 0 saturated carbocycles. The van der Waals surface area contributed by atoms with Crippen molar-refractivity contribution >= 4 is 51.7 Å². The fourth-order valence-electron chi connectivity index (χ4n) is 3.70. The van der Waals surface area contributed by atoms with Crippen LogP contribution >= 0.6 is 23.4 Å². The minimum absolute atomic E-state index is 0.0282. The highest BCUT2D eigenvalue weighted by Gasteiger charge is 2.32. The van der Waals surface area contributed by atoms with Gasteiger partial charge in [0.05, 0.1) is 0 Å². The predicted octanol–water partition coefficient (Wildman–Crippen LogP) is 4.69. The fraction of sp³-hybridized carbons (Fsp3) is 0.0833. The maximum Gasteiger partial charge on any atom is 0.240 e. The summed E-state index contributed by atoms with van der Waals surface area (Å²) in [6.07, 6.45) is 0.0282. The molecular weight excluding hydrogens is 444 g/mol. The standard InChI is InChI=1S/C24H17ClN4O2S/c25-14-9-11-15(12-10-14)26-21(30)13-20-23(31)27-24(32-20)29-28-22-18-7-3-1-5-16(18)17-6-2-4-8-19(17)22/h1-12,20H,13H2,(H,26,30)(H,27,29,31). The number of amidine groups is 1. The van der Waals surface area contributed by atoms with E-state index in [2.05, 4.69) is 33.0 Å². The van der Waals surface area contributed by atoms with Gasteiger partial charge in [-0.1, -0.05) is 71.9 Å². The number of carbonyl (C=O) groups excluding carboxylic acids is 2. The van der Waals surface area contributed by atoms with Crippen LogP contribution in [0.4, 0.5) is 5.69 Å². The van der Waals surface area contributed by atoms with E-state index in [9.17, 15) is 9.59 Å². The Morgan fingerprint density at radius 2 is 1.50 bits per heavy atom. The molecule has 1 unspecified atom stereocenters. The molecule has 5 rings (SSSR count). The predicted molar refractivity (Wildman–Crippen MR) is 129 cm³/mol.